The zero-order valence-corrected chi connectivity index (χ0v) is 36.9. The van der Waals surface area contributed by atoms with Crippen LogP contribution in [-0.4, -0.2) is 37.2 Å². The van der Waals surface area contributed by atoms with Crippen LogP contribution in [0.5, 0.6) is 0 Å². The Morgan fingerprint density at radius 2 is 0.679 bits per heavy atom. The molecular weight excluding hydrogens is 697 g/mol. The quantitative estimate of drug-likeness (QED) is 0.0265. The van der Waals surface area contributed by atoms with Gasteiger partial charge in [-0.05, 0) is 57.8 Å². The number of hydrogen-bond acceptors (Lipinski definition) is 6. The molecule has 0 aliphatic heterocycles. The van der Waals surface area contributed by atoms with E-state index in [0.717, 1.165) is 44.9 Å². The van der Waals surface area contributed by atoms with E-state index in [9.17, 15) is 14.4 Å². The van der Waals surface area contributed by atoms with Crippen molar-refractivity contribution in [2.75, 3.05) is 13.2 Å². The highest BCUT2D eigenvalue weighted by Crippen LogP contribution is 2.14. The van der Waals surface area contributed by atoms with Gasteiger partial charge >= 0.3 is 17.9 Å². The Morgan fingerprint density at radius 3 is 1.09 bits per heavy atom. The van der Waals surface area contributed by atoms with Gasteiger partial charge in [-0.25, -0.2) is 0 Å². The lowest BCUT2D eigenvalue weighted by Gasteiger charge is -2.18. The second kappa shape index (κ2) is 45.1. The summed E-state index contributed by atoms with van der Waals surface area (Å²) in [7, 11) is 0. The third-order valence-corrected chi connectivity index (χ3v) is 10.1. The van der Waals surface area contributed by atoms with Crippen molar-refractivity contribution in [1.29, 1.82) is 0 Å². The molecule has 0 spiro atoms. The Morgan fingerprint density at radius 1 is 0.357 bits per heavy atom. The van der Waals surface area contributed by atoms with Gasteiger partial charge in [0, 0.05) is 19.3 Å². The van der Waals surface area contributed by atoms with Crippen molar-refractivity contribution in [1.82, 2.24) is 0 Å². The van der Waals surface area contributed by atoms with Gasteiger partial charge in [0.1, 0.15) is 13.2 Å². The third kappa shape index (κ3) is 42.5. The highest BCUT2D eigenvalue weighted by molar-refractivity contribution is 5.71. The van der Waals surface area contributed by atoms with Crippen LogP contribution in [0.3, 0.4) is 0 Å². The zero-order valence-electron chi connectivity index (χ0n) is 36.9. The van der Waals surface area contributed by atoms with Crippen LogP contribution >= 0.6 is 0 Å². The summed E-state index contributed by atoms with van der Waals surface area (Å²) in [5.41, 5.74) is 0. The molecule has 6 nitrogen and oxygen atoms in total. The first-order chi connectivity index (χ1) is 27.5. The van der Waals surface area contributed by atoms with E-state index >= 15 is 0 Å². The normalized spacial score (nSPS) is 12.4. The number of carbonyl (C=O) groups is 3. The van der Waals surface area contributed by atoms with Crippen LogP contribution in [0.25, 0.3) is 0 Å². The van der Waals surface area contributed by atoms with Crippen LogP contribution < -0.4 is 0 Å². The molecule has 0 aliphatic carbocycles. The number of allylic oxidation sites excluding steroid dienone is 8. The summed E-state index contributed by atoms with van der Waals surface area (Å²) in [4.78, 5) is 37.7. The molecule has 0 aromatic carbocycles. The monoisotopic (exact) mass is 785 g/mol. The largest absolute Gasteiger partial charge is 0.462 e. The molecule has 0 bridgehead atoms. The molecule has 0 fully saturated rings. The van der Waals surface area contributed by atoms with E-state index in [-0.39, 0.29) is 44.0 Å². The molecule has 6 heteroatoms. The van der Waals surface area contributed by atoms with Crippen molar-refractivity contribution < 1.29 is 28.6 Å². The molecule has 0 aromatic heterocycles. The van der Waals surface area contributed by atoms with Gasteiger partial charge in [0.2, 0.25) is 0 Å². The Hall–Kier alpha value is -2.63. The van der Waals surface area contributed by atoms with Crippen LogP contribution in [-0.2, 0) is 28.6 Å². The molecule has 0 radical (unpaired) electrons. The van der Waals surface area contributed by atoms with Gasteiger partial charge in [-0.3, -0.25) is 14.4 Å². The molecule has 0 N–H and O–H groups in total. The van der Waals surface area contributed by atoms with Crippen LogP contribution in [0.4, 0.5) is 0 Å². The van der Waals surface area contributed by atoms with Crippen molar-refractivity contribution in [2.24, 2.45) is 0 Å². The van der Waals surface area contributed by atoms with Crippen molar-refractivity contribution >= 4 is 17.9 Å². The van der Waals surface area contributed by atoms with E-state index in [2.05, 4.69) is 57.2 Å². The maximum Gasteiger partial charge on any atom is 0.306 e. The lowest BCUT2D eigenvalue weighted by atomic mass is 10.0. The van der Waals surface area contributed by atoms with Gasteiger partial charge in [0.05, 0.1) is 0 Å². The molecule has 1 unspecified atom stereocenters. The molecule has 0 aromatic rings. The van der Waals surface area contributed by atoms with Crippen LogP contribution in [0.2, 0.25) is 0 Å². The molecule has 1 atom stereocenters. The molecule has 0 saturated heterocycles. The summed E-state index contributed by atoms with van der Waals surface area (Å²) in [5, 5.41) is 0. The van der Waals surface area contributed by atoms with Gasteiger partial charge in [-0.1, -0.05) is 204 Å². The first-order valence-electron chi connectivity index (χ1n) is 23.6. The van der Waals surface area contributed by atoms with Crippen molar-refractivity contribution in [3.8, 4) is 0 Å². The predicted molar refractivity (Wildman–Crippen MR) is 238 cm³/mol. The number of unbranched alkanes of at least 4 members (excludes halogenated alkanes) is 23. The fourth-order valence-electron chi connectivity index (χ4n) is 6.49. The molecule has 0 amide bonds. The van der Waals surface area contributed by atoms with E-state index < -0.39 is 6.10 Å². The first kappa shape index (κ1) is 53.4. The summed E-state index contributed by atoms with van der Waals surface area (Å²) in [6.45, 7) is 6.51. The lowest BCUT2D eigenvalue weighted by molar-refractivity contribution is -0.166. The second-order valence-corrected chi connectivity index (χ2v) is 15.7. The first-order valence-corrected chi connectivity index (χ1v) is 23.6. The van der Waals surface area contributed by atoms with Crippen LogP contribution in [0, 0.1) is 0 Å². The average molecular weight is 785 g/mol. The van der Waals surface area contributed by atoms with Gasteiger partial charge in [-0.2, -0.15) is 0 Å². The standard InChI is InChI=1S/C50H88O6/c1-4-7-10-13-16-19-22-25-28-31-34-37-40-43-49(52)55-46-47(45-54-48(51)42-39-36-33-30-27-24-21-18-15-12-9-6-3)56-50(53)44-41-38-35-32-29-26-23-20-17-14-11-8-5-2/h25-26,28-29,34-35,37-38,47H,4-24,27,30-33,36,39-46H2,1-3H3/b28-25-,29-26-,37-34-,38-35-. The highest BCUT2D eigenvalue weighted by Gasteiger charge is 2.19. The molecule has 0 saturated carbocycles. The van der Waals surface area contributed by atoms with Gasteiger partial charge < -0.3 is 14.2 Å². The minimum absolute atomic E-state index is 0.111. The van der Waals surface area contributed by atoms with E-state index in [1.807, 2.05) is 12.2 Å². The van der Waals surface area contributed by atoms with Crippen molar-refractivity contribution in [2.45, 2.75) is 239 Å². The number of rotatable bonds is 42. The van der Waals surface area contributed by atoms with Gasteiger partial charge in [0.25, 0.3) is 0 Å². The fourth-order valence-corrected chi connectivity index (χ4v) is 6.49. The Balaban J connectivity index is 4.51. The summed E-state index contributed by atoms with van der Waals surface area (Å²) in [5.74, 6) is -1.05. The third-order valence-electron chi connectivity index (χ3n) is 10.1. The second-order valence-electron chi connectivity index (χ2n) is 15.7. The van der Waals surface area contributed by atoms with Gasteiger partial charge in [0.15, 0.2) is 6.10 Å². The highest BCUT2D eigenvalue weighted by atomic mass is 16.6. The number of ether oxygens (including phenoxy) is 3. The van der Waals surface area contributed by atoms with E-state index in [1.54, 1.807) is 0 Å². The average Bonchev–Trinajstić information content (AvgIpc) is 3.19. The fraction of sp³-hybridized carbons (Fsp3) is 0.780. The number of esters is 3. The maximum atomic E-state index is 12.7. The molecule has 0 heterocycles. The summed E-state index contributed by atoms with van der Waals surface area (Å²) in [6.07, 6.45) is 52.6. The zero-order chi connectivity index (χ0) is 40.8. The maximum absolute atomic E-state index is 12.7. The van der Waals surface area contributed by atoms with E-state index in [1.165, 1.54) is 135 Å². The molecule has 0 aliphatic rings. The number of carbonyl (C=O) groups excluding carboxylic acids is 3. The SMILES string of the molecule is CCCCCCCC/C=C\C/C=C\CCC(=O)OCC(COC(=O)CCCCCCCCCCCCCC)OC(=O)CC/C=C\C/C=C\CCCCCCCC. The topological polar surface area (TPSA) is 78.9 Å². The van der Waals surface area contributed by atoms with Crippen LogP contribution in [0.1, 0.15) is 233 Å². The predicted octanol–water partition coefficient (Wildman–Crippen LogP) is 15.1. The van der Waals surface area contributed by atoms with E-state index in [0.29, 0.717) is 19.3 Å². The Labute approximate surface area is 346 Å². The minimum Gasteiger partial charge on any atom is -0.462 e. The van der Waals surface area contributed by atoms with E-state index in [4.69, 9.17) is 14.2 Å². The Kier molecular flexibility index (Phi) is 43.0. The van der Waals surface area contributed by atoms with Crippen molar-refractivity contribution in [3.63, 3.8) is 0 Å². The summed E-state index contributed by atoms with van der Waals surface area (Å²) in [6, 6.07) is 0. The van der Waals surface area contributed by atoms with Crippen molar-refractivity contribution in [3.05, 3.63) is 48.6 Å². The van der Waals surface area contributed by atoms with Crippen LogP contribution in [0.15, 0.2) is 48.6 Å². The summed E-state index contributed by atoms with van der Waals surface area (Å²) < 4.78 is 16.6. The summed E-state index contributed by atoms with van der Waals surface area (Å²) >= 11 is 0. The molecule has 324 valence electrons. The molecule has 0 rings (SSSR count). The van der Waals surface area contributed by atoms with Gasteiger partial charge in [-0.15, -0.1) is 0 Å². The Bertz CT molecular complexity index is 996. The molecule has 56 heavy (non-hydrogen) atoms. The number of hydrogen-bond donors (Lipinski definition) is 0. The minimum atomic E-state index is -0.821. The molecular formula is C50H88O6. The smallest absolute Gasteiger partial charge is 0.306 e. The lowest BCUT2D eigenvalue weighted by Crippen LogP contribution is -2.30.